The number of nitrogens with one attached hydrogen (secondary N) is 1. The van der Waals surface area contributed by atoms with Gasteiger partial charge < -0.3 is 16.0 Å². The summed E-state index contributed by atoms with van der Waals surface area (Å²) in [5.74, 6) is -0.379. The van der Waals surface area contributed by atoms with Gasteiger partial charge in [-0.1, -0.05) is 13.8 Å². The number of nitrogens with two attached hydrogens (primary N) is 1. The second kappa shape index (κ2) is 7.42. The molecule has 0 saturated heterocycles. The van der Waals surface area contributed by atoms with E-state index in [0.717, 1.165) is 0 Å². The van der Waals surface area contributed by atoms with Crippen LogP contribution >= 0.6 is 0 Å². The van der Waals surface area contributed by atoms with Crippen LogP contribution in [-0.2, 0) is 4.79 Å². The van der Waals surface area contributed by atoms with Gasteiger partial charge in [-0.05, 0) is 37.1 Å². The zero-order chi connectivity index (χ0) is 16.0. The standard InChI is InChI=1S/C15H21N3O3/c1-10(2)8-18(9-14(16)20)15(21)17-13-6-4-12(5-7-13)11(3)19/h4-7,10H,8-9H2,1-3H3,(H2,16,20)(H,17,21). The van der Waals surface area contributed by atoms with E-state index in [1.165, 1.54) is 11.8 Å². The lowest BCUT2D eigenvalue weighted by Gasteiger charge is -2.23. The van der Waals surface area contributed by atoms with Crippen molar-refractivity contribution < 1.29 is 14.4 Å². The second-order valence-corrected chi connectivity index (χ2v) is 5.30. The highest BCUT2D eigenvalue weighted by Gasteiger charge is 2.17. The van der Waals surface area contributed by atoms with Gasteiger partial charge >= 0.3 is 6.03 Å². The van der Waals surface area contributed by atoms with E-state index < -0.39 is 11.9 Å². The smallest absolute Gasteiger partial charge is 0.322 e. The number of primary amides is 1. The predicted octanol–water partition coefficient (Wildman–Crippen LogP) is 1.86. The molecule has 0 fully saturated rings. The molecule has 0 unspecified atom stereocenters. The van der Waals surface area contributed by atoms with Crippen LogP contribution in [0.15, 0.2) is 24.3 Å². The molecule has 0 radical (unpaired) electrons. The topological polar surface area (TPSA) is 92.5 Å². The number of benzene rings is 1. The van der Waals surface area contributed by atoms with Crippen LogP contribution in [0.2, 0.25) is 0 Å². The van der Waals surface area contributed by atoms with Gasteiger partial charge in [-0.2, -0.15) is 0 Å². The molecule has 114 valence electrons. The molecule has 3 N–H and O–H groups in total. The lowest BCUT2D eigenvalue weighted by molar-refractivity contribution is -0.118. The van der Waals surface area contributed by atoms with Gasteiger partial charge in [-0.15, -0.1) is 0 Å². The first-order chi connectivity index (χ1) is 9.79. The van der Waals surface area contributed by atoms with Crippen molar-refractivity contribution in [1.29, 1.82) is 0 Å². The van der Waals surface area contributed by atoms with E-state index in [9.17, 15) is 14.4 Å². The van der Waals surface area contributed by atoms with E-state index in [0.29, 0.717) is 17.8 Å². The van der Waals surface area contributed by atoms with Crippen molar-refractivity contribution in [3.8, 4) is 0 Å². The molecule has 1 aromatic carbocycles. The number of anilines is 1. The fourth-order valence-corrected chi connectivity index (χ4v) is 1.84. The van der Waals surface area contributed by atoms with Crippen LogP contribution in [-0.4, -0.2) is 35.7 Å². The molecule has 6 nitrogen and oxygen atoms in total. The van der Waals surface area contributed by atoms with Crippen LogP contribution in [0, 0.1) is 5.92 Å². The van der Waals surface area contributed by atoms with Crippen LogP contribution in [0.4, 0.5) is 10.5 Å². The largest absolute Gasteiger partial charge is 0.368 e. The summed E-state index contributed by atoms with van der Waals surface area (Å²) in [5.41, 5.74) is 6.29. The number of rotatable bonds is 6. The molecule has 0 heterocycles. The number of carbonyl (C=O) groups excluding carboxylic acids is 3. The van der Waals surface area contributed by atoms with Crippen molar-refractivity contribution in [2.75, 3.05) is 18.4 Å². The zero-order valence-electron chi connectivity index (χ0n) is 12.6. The van der Waals surface area contributed by atoms with E-state index >= 15 is 0 Å². The molecule has 0 aromatic heterocycles. The molecule has 6 heteroatoms. The Kier molecular flexibility index (Phi) is 5.90. The molecule has 0 aliphatic heterocycles. The minimum Gasteiger partial charge on any atom is -0.368 e. The van der Waals surface area contributed by atoms with Crippen LogP contribution in [0.3, 0.4) is 0 Å². The molecular weight excluding hydrogens is 270 g/mol. The number of urea groups is 1. The fraction of sp³-hybridized carbons (Fsp3) is 0.400. The highest BCUT2D eigenvalue weighted by atomic mass is 16.2. The Bertz CT molecular complexity index is 523. The second-order valence-electron chi connectivity index (χ2n) is 5.30. The lowest BCUT2D eigenvalue weighted by Crippen LogP contribution is -2.42. The van der Waals surface area contributed by atoms with Crippen molar-refractivity contribution in [2.24, 2.45) is 11.7 Å². The number of nitrogens with zero attached hydrogens (tertiary/aromatic N) is 1. The van der Waals surface area contributed by atoms with Crippen LogP contribution < -0.4 is 11.1 Å². The Morgan fingerprint density at radius 1 is 1.19 bits per heavy atom. The van der Waals surface area contributed by atoms with E-state index in [4.69, 9.17) is 5.73 Å². The normalized spacial score (nSPS) is 10.3. The summed E-state index contributed by atoms with van der Waals surface area (Å²) >= 11 is 0. The highest BCUT2D eigenvalue weighted by Crippen LogP contribution is 2.11. The third-order valence-corrected chi connectivity index (χ3v) is 2.76. The van der Waals surface area contributed by atoms with Crippen LogP contribution in [0.25, 0.3) is 0 Å². The Morgan fingerprint density at radius 3 is 2.19 bits per heavy atom. The van der Waals surface area contributed by atoms with E-state index in [1.807, 2.05) is 13.8 Å². The van der Waals surface area contributed by atoms with Crippen LogP contribution in [0.5, 0.6) is 0 Å². The SMILES string of the molecule is CC(=O)c1ccc(NC(=O)N(CC(N)=O)CC(C)C)cc1. The van der Waals surface area contributed by atoms with Gasteiger partial charge in [-0.3, -0.25) is 9.59 Å². The number of amides is 3. The monoisotopic (exact) mass is 291 g/mol. The maximum Gasteiger partial charge on any atom is 0.322 e. The molecule has 21 heavy (non-hydrogen) atoms. The van der Waals surface area contributed by atoms with Gasteiger partial charge in [-0.25, -0.2) is 4.79 Å². The van der Waals surface area contributed by atoms with Gasteiger partial charge in [0.25, 0.3) is 0 Å². The Balaban J connectivity index is 2.75. The summed E-state index contributed by atoms with van der Waals surface area (Å²) in [6.07, 6.45) is 0. The number of Topliss-reactive ketones (excluding diaryl/α,β-unsaturated/α-hetero) is 1. The summed E-state index contributed by atoms with van der Waals surface area (Å²) in [6, 6.07) is 6.18. The molecule has 0 spiro atoms. The molecule has 1 rings (SSSR count). The number of ketones is 1. The minimum absolute atomic E-state index is 0.0389. The van der Waals surface area contributed by atoms with Crippen molar-refractivity contribution in [3.63, 3.8) is 0 Å². The first-order valence-corrected chi connectivity index (χ1v) is 6.74. The predicted molar refractivity (Wildman–Crippen MR) is 81.1 cm³/mol. The summed E-state index contributed by atoms with van der Waals surface area (Å²) in [4.78, 5) is 35.7. The van der Waals surface area contributed by atoms with Crippen LogP contribution in [0.1, 0.15) is 31.1 Å². The van der Waals surface area contributed by atoms with E-state index in [1.54, 1.807) is 24.3 Å². The quantitative estimate of drug-likeness (QED) is 0.783. The maximum atomic E-state index is 12.1. The van der Waals surface area contributed by atoms with Gasteiger partial charge in [0.1, 0.15) is 6.54 Å². The van der Waals surface area contributed by atoms with Crippen molar-refractivity contribution in [3.05, 3.63) is 29.8 Å². The summed E-state index contributed by atoms with van der Waals surface area (Å²) in [6.45, 7) is 5.67. The van der Waals surface area contributed by atoms with Crippen molar-refractivity contribution >= 4 is 23.4 Å². The Labute approximate surface area is 124 Å². The molecular formula is C15H21N3O3. The Hall–Kier alpha value is -2.37. The van der Waals surface area contributed by atoms with Crippen molar-refractivity contribution in [1.82, 2.24) is 4.90 Å². The average Bonchev–Trinajstić information content (AvgIpc) is 2.37. The highest BCUT2D eigenvalue weighted by molar-refractivity contribution is 5.95. The average molecular weight is 291 g/mol. The summed E-state index contributed by atoms with van der Waals surface area (Å²) in [5, 5.41) is 2.69. The third kappa shape index (κ3) is 5.64. The zero-order valence-corrected chi connectivity index (χ0v) is 12.6. The van der Waals surface area contributed by atoms with Crippen molar-refractivity contribution in [2.45, 2.75) is 20.8 Å². The molecule has 0 bridgehead atoms. The number of hydrogen-bond donors (Lipinski definition) is 2. The number of hydrogen-bond acceptors (Lipinski definition) is 3. The third-order valence-electron chi connectivity index (χ3n) is 2.76. The molecule has 0 saturated carbocycles. The maximum absolute atomic E-state index is 12.1. The van der Waals surface area contributed by atoms with Gasteiger partial charge in [0.2, 0.25) is 5.91 Å². The minimum atomic E-state index is -0.558. The van der Waals surface area contributed by atoms with E-state index in [2.05, 4.69) is 5.32 Å². The van der Waals surface area contributed by atoms with Gasteiger partial charge in [0, 0.05) is 17.8 Å². The molecule has 0 aliphatic rings. The van der Waals surface area contributed by atoms with E-state index in [-0.39, 0.29) is 18.2 Å². The summed E-state index contributed by atoms with van der Waals surface area (Å²) < 4.78 is 0. The molecule has 3 amide bonds. The first-order valence-electron chi connectivity index (χ1n) is 6.74. The Morgan fingerprint density at radius 2 is 1.76 bits per heavy atom. The van der Waals surface area contributed by atoms with Gasteiger partial charge in [0.05, 0.1) is 0 Å². The lowest BCUT2D eigenvalue weighted by atomic mass is 10.1. The molecule has 1 aromatic rings. The summed E-state index contributed by atoms with van der Waals surface area (Å²) in [7, 11) is 0. The first kappa shape index (κ1) is 16.7. The van der Waals surface area contributed by atoms with Gasteiger partial charge in [0.15, 0.2) is 5.78 Å². The molecule has 0 aliphatic carbocycles. The fourth-order valence-electron chi connectivity index (χ4n) is 1.84. The number of carbonyl (C=O) groups is 3. The molecule has 0 atom stereocenters.